The first-order valence-electron chi connectivity index (χ1n) is 10.4. The molecule has 0 aliphatic heterocycles. The van der Waals surface area contributed by atoms with Gasteiger partial charge >= 0.3 is 0 Å². The third-order valence-electron chi connectivity index (χ3n) is 4.16. The van der Waals surface area contributed by atoms with Crippen LogP contribution in [0.1, 0.15) is 47.1 Å². The second kappa shape index (κ2) is 8.77. The minimum absolute atomic E-state index is 0.235. The van der Waals surface area contributed by atoms with Gasteiger partial charge in [-0.2, -0.15) is 0 Å². The van der Waals surface area contributed by atoms with Crippen LogP contribution >= 0.6 is 0 Å². The highest BCUT2D eigenvalue weighted by Crippen LogP contribution is 2.35. The Hall–Kier alpha value is -2.39. The highest BCUT2D eigenvalue weighted by molar-refractivity contribution is 7.97. The summed E-state index contributed by atoms with van der Waals surface area (Å²) in [4.78, 5) is 3.75. The second-order valence-electron chi connectivity index (χ2n) is 9.50. The molecular weight excluding hydrogens is 388 g/mol. The third kappa shape index (κ3) is 6.30. The number of hydrogen-bond acceptors (Lipinski definition) is 2. The van der Waals surface area contributed by atoms with Crippen LogP contribution in [0.2, 0.25) is 0 Å². The highest BCUT2D eigenvalue weighted by atomic mass is 32.2. The van der Waals surface area contributed by atoms with Crippen molar-refractivity contribution in [2.24, 2.45) is 0 Å². The number of aryl methyl sites for hydroxylation is 1. The molecule has 3 aromatic rings. The molecule has 3 rings (SSSR count). The average Bonchev–Trinajstić information content (AvgIpc) is 2.60. The van der Waals surface area contributed by atoms with Gasteiger partial charge in [-0.05, 0) is 90.4 Å². The number of rotatable bonds is 5. The molecule has 0 aliphatic carbocycles. The predicted molar refractivity (Wildman–Crippen MR) is 127 cm³/mol. The first-order valence-corrected chi connectivity index (χ1v) is 11.6. The van der Waals surface area contributed by atoms with E-state index in [0.717, 1.165) is 11.5 Å². The van der Waals surface area contributed by atoms with Crippen LogP contribution in [0.4, 0.5) is 0 Å². The van der Waals surface area contributed by atoms with E-state index >= 15 is 0 Å². The molecule has 0 spiro atoms. The van der Waals surface area contributed by atoms with Crippen molar-refractivity contribution in [3.8, 4) is 11.5 Å². The van der Waals surface area contributed by atoms with E-state index in [1.54, 1.807) is 0 Å². The maximum atomic E-state index is 6.16. The lowest BCUT2D eigenvalue weighted by Gasteiger charge is -2.22. The Bertz CT molecular complexity index is 936. The van der Waals surface area contributed by atoms with Gasteiger partial charge in [0.25, 0.3) is 0 Å². The van der Waals surface area contributed by atoms with Gasteiger partial charge in [-0.1, -0.05) is 24.3 Å². The fourth-order valence-electron chi connectivity index (χ4n) is 3.19. The van der Waals surface area contributed by atoms with Gasteiger partial charge in [0, 0.05) is 12.1 Å². The van der Waals surface area contributed by atoms with Crippen molar-refractivity contribution in [2.75, 3.05) is 0 Å². The van der Waals surface area contributed by atoms with E-state index in [2.05, 4.69) is 109 Å². The molecule has 0 saturated carbocycles. The van der Waals surface area contributed by atoms with Gasteiger partial charge in [-0.25, -0.2) is 0 Å². The zero-order chi connectivity index (χ0) is 21.9. The van der Waals surface area contributed by atoms with Crippen molar-refractivity contribution in [1.82, 2.24) is 0 Å². The number of benzene rings is 3. The summed E-state index contributed by atoms with van der Waals surface area (Å²) in [6.07, 6.45) is 0. The molecule has 158 valence electrons. The lowest BCUT2D eigenvalue weighted by atomic mass is 10.2. The molecule has 0 aromatic heterocycles. The summed E-state index contributed by atoms with van der Waals surface area (Å²) in [5.41, 5.74) is 0.788. The zero-order valence-electron chi connectivity index (χ0n) is 19.2. The lowest BCUT2D eigenvalue weighted by molar-refractivity contribution is 0.130. The molecule has 0 atom stereocenters. The van der Waals surface area contributed by atoms with Crippen LogP contribution in [-0.2, 0) is 10.9 Å². The molecule has 3 aromatic carbocycles. The molecular formula is C27H33O2S+. The second-order valence-corrected chi connectivity index (χ2v) is 11.5. The van der Waals surface area contributed by atoms with Gasteiger partial charge in [0.15, 0.2) is 14.7 Å². The number of ether oxygens (including phenoxy) is 2. The molecule has 2 nitrogen and oxygen atoms in total. The topological polar surface area (TPSA) is 18.5 Å². The summed E-state index contributed by atoms with van der Waals surface area (Å²) in [6.45, 7) is 14.6. The Balaban J connectivity index is 2.09. The predicted octanol–water partition coefficient (Wildman–Crippen LogP) is 7.45. The summed E-state index contributed by atoms with van der Waals surface area (Å²) in [5, 5.41) is 0. The molecule has 0 aliphatic rings. The van der Waals surface area contributed by atoms with Gasteiger partial charge in [0.1, 0.15) is 22.7 Å². The van der Waals surface area contributed by atoms with Crippen molar-refractivity contribution < 1.29 is 9.47 Å². The smallest absolute Gasteiger partial charge is 0.170 e. The Morgan fingerprint density at radius 1 is 0.567 bits per heavy atom. The van der Waals surface area contributed by atoms with Gasteiger partial charge in [0.05, 0.1) is 10.9 Å². The Kier molecular flexibility index (Phi) is 6.52. The van der Waals surface area contributed by atoms with Gasteiger partial charge in [-0.15, -0.1) is 0 Å². The molecule has 30 heavy (non-hydrogen) atoms. The maximum absolute atomic E-state index is 6.16. The van der Waals surface area contributed by atoms with Crippen molar-refractivity contribution in [3.63, 3.8) is 0 Å². The molecule has 0 heterocycles. The van der Waals surface area contributed by atoms with Crippen LogP contribution in [0.15, 0.2) is 87.5 Å². The molecule has 0 unspecified atom stereocenters. The van der Waals surface area contributed by atoms with E-state index in [1.807, 2.05) is 12.1 Å². The fraction of sp³-hybridized carbons (Fsp3) is 0.333. The van der Waals surface area contributed by atoms with E-state index in [-0.39, 0.29) is 22.1 Å². The van der Waals surface area contributed by atoms with Gasteiger partial charge in [0.2, 0.25) is 0 Å². The van der Waals surface area contributed by atoms with Crippen LogP contribution in [-0.4, -0.2) is 11.2 Å². The van der Waals surface area contributed by atoms with Crippen molar-refractivity contribution in [3.05, 3.63) is 78.4 Å². The summed E-state index contributed by atoms with van der Waals surface area (Å²) >= 11 is 0. The minimum Gasteiger partial charge on any atom is -0.488 e. The minimum atomic E-state index is -0.262. The molecule has 0 fully saturated rings. The van der Waals surface area contributed by atoms with Crippen molar-refractivity contribution >= 4 is 10.9 Å². The number of hydrogen-bond donors (Lipinski definition) is 0. The Morgan fingerprint density at radius 2 is 0.967 bits per heavy atom. The van der Waals surface area contributed by atoms with Crippen LogP contribution in [0.25, 0.3) is 0 Å². The highest BCUT2D eigenvalue weighted by Gasteiger charge is 2.30. The Labute approximate surface area is 184 Å². The summed E-state index contributed by atoms with van der Waals surface area (Å²) in [5.74, 6) is 1.79. The molecule has 0 amide bonds. The van der Waals surface area contributed by atoms with Gasteiger partial charge in [-0.3, -0.25) is 0 Å². The van der Waals surface area contributed by atoms with Crippen molar-refractivity contribution in [2.45, 2.75) is 74.4 Å². The largest absolute Gasteiger partial charge is 0.488 e. The first-order chi connectivity index (χ1) is 14.0. The summed E-state index contributed by atoms with van der Waals surface area (Å²) in [7, 11) is -0.262. The zero-order valence-corrected chi connectivity index (χ0v) is 20.0. The quantitative estimate of drug-likeness (QED) is 0.398. The average molecular weight is 422 g/mol. The summed E-state index contributed by atoms with van der Waals surface area (Å²) < 4.78 is 12.3. The van der Waals surface area contributed by atoms with E-state index in [9.17, 15) is 0 Å². The molecule has 3 heteroatoms. The molecule has 0 bridgehead atoms. The molecule has 0 saturated heterocycles. The first kappa shape index (κ1) is 22.3. The molecule has 0 N–H and O–H groups in total. The van der Waals surface area contributed by atoms with E-state index in [1.165, 1.54) is 20.2 Å². The van der Waals surface area contributed by atoms with E-state index in [4.69, 9.17) is 9.47 Å². The normalized spacial score (nSPS) is 12.1. The SMILES string of the molecule is Cc1cccc([S+](c2cccc(OC(C)(C)C)c2)c2cccc(OC(C)(C)C)c2)c1. The molecule has 0 radical (unpaired) electrons. The van der Waals surface area contributed by atoms with Crippen LogP contribution < -0.4 is 9.47 Å². The lowest BCUT2D eigenvalue weighted by Crippen LogP contribution is -2.23. The maximum Gasteiger partial charge on any atom is 0.170 e. The van der Waals surface area contributed by atoms with Crippen LogP contribution in [0.5, 0.6) is 11.5 Å². The summed E-state index contributed by atoms with van der Waals surface area (Å²) in [6, 6.07) is 25.7. The van der Waals surface area contributed by atoms with Crippen molar-refractivity contribution in [1.29, 1.82) is 0 Å². The van der Waals surface area contributed by atoms with Gasteiger partial charge < -0.3 is 9.47 Å². The van der Waals surface area contributed by atoms with E-state index < -0.39 is 0 Å². The fourth-order valence-corrected chi connectivity index (χ4v) is 5.42. The third-order valence-corrected chi connectivity index (χ3v) is 6.33. The monoisotopic (exact) mass is 421 g/mol. The Morgan fingerprint density at radius 3 is 1.37 bits per heavy atom. The van der Waals surface area contributed by atoms with Crippen LogP contribution in [0.3, 0.4) is 0 Å². The standard InChI is InChI=1S/C27H33O2S/c1-20-11-8-14-23(17-20)30(24-15-9-12-21(18-24)28-26(2,3)4)25-16-10-13-22(19-25)29-27(5,6)7/h8-19H,1-7H3/q+1. The van der Waals surface area contributed by atoms with Crippen LogP contribution in [0, 0.1) is 6.92 Å². The van der Waals surface area contributed by atoms with E-state index in [0.29, 0.717) is 0 Å².